The number of carbonyl (C=O) groups is 1. The highest BCUT2D eigenvalue weighted by Crippen LogP contribution is 2.48. The van der Waals surface area contributed by atoms with Crippen LogP contribution in [0.25, 0.3) is 0 Å². The average Bonchev–Trinajstić information content (AvgIpc) is 2.57. The maximum absolute atomic E-state index is 13.0. The lowest BCUT2D eigenvalue weighted by molar-refractivity contribution is -0.161. The molecule has 1 N–H and O–H groups in total. The topological polar surface area (TPSA) is 54.0 Å². The molecule has 3 rings (SSSR count). The monoisotopic (exact) mass is 363 g/mol. The van der Waals surface area contributed by atoms with E-state index in [1.807, 2.05) is 36.1 Å². The fourth-order valence-electron chi connectivity index (χ4n) is 3.74. The van der Waals surface area contributed by atoms with Crippen LogP contribution in [0.15, 0.2) is 24.3 Å². The van der Waals surface area contributed by atoms with Gasteiger partial charge >= 0.3 is 0 Å². The zero-order valence-corrected chi connectivity index (χ0v) is 15.9. The second-order valence-electron chi connectivity index (χ2n) is 6.83. The molecule has 0 unspecified atom stereocenters. The Kier molecular flexibility index (Phi) is 4.88. The third kappa shape index (κ3) is 2.95. The molecule has 2 heterocycles. The molecule has 2 aliphatic heterocycles. The minimum atomic E-state index is -0.837. The molecule has 2 aliphatic rings. The first-order valence-corrected chi connectivity index (χ1v) is 8.87. The summed E-state index contributed by atoms with van der Waals surface area (Å²) in [6.45, 7) is 3.24. The molecule has 25 heavy (non-hydrogen) atoms. The summed E-state index contributed by atoms with van der Waals surface area (Å²) >= 11 is 5.61. The van der Waals surface area contributed by atoms with Crippen LogP contribution in [0.1, 0.15) is 24.9 Å². The summed E-state index contributed by atoms with van der Waals surface area (Å²) in [7, 11) is 5.22. The van der Waals surface area contributed by atoms with Crippen LogP contribution in [0.4, 0.5) is 0 Å². The molecule has 7 heteroatoms. The summed E-state index contributed by atoms with van der Waals surface area (Å²) in [5, 5.41) is 3.99. The Morgan fingerprint density at radius 1 is 1.44 bits per heavy atom. The Morgan fingerprint density at radius 2 is 2.16 bits per heavy atom. The smallest absolute Gasteiger partial charge is 0.233 e. The molecule has 6 nitrogen and oxygen atoms in total. The normalized spacial score (nSPS) is 27.2. The van der Waals surface area contributed by atoms with Gasteiger partial charge in [-0.05, 0) is 31.6 Å². The lowest BCUT2D eigenvalue weighted by Crippen LogP contribution is -2.72. The summed E-state index contributed by atoms with van der Waals surface area (Å²) in [6.07, 6.45) is 0.798. The Morgan fingerprint density at radius 3 is 2.84 bits per heavy atom. The largest absolute Gasteiger partial charge is 0.467 e. The number of fused-ring (bicyclic) bond motifs is 4. The number of methoxy groups -OCH3 is 1. The lowest BCUT2D eigenvalue weighted by Gasteiger charge is -2.56. The van der Waals surface area contributed by atoms with Crippen molar-refractivity contribution in [1.29, 1.82) is 0 Å². The van der Waals surface area contributed by atoms with Gasteiger partial charge in [0.05, 0.1) is 6.04 Å². The number of thiocarbonyl (C=S) groups is 1. The van der Waals surface area contributed by atoms with Crippen molar-refractivity contribution in [1.82, 2.24) is 15.1 Å². The van der Waals surface area contributed by atoms with E-state index in [0.29, 0.717) is 18.3 Å². The zero-order chi connectivity index (χ0) is 18.2. The number of nitrogens with zero attached hydrogens (tertiary/aromatic N) is 2. The number of ether oxygens (including phenoxy) is 2. The average molecular weight is 363 g/mol. The number of hydrogen-bond donors (Lipinski definition) is 1. The van der Waals surface area contributed by atoms with Gasteiger partial charge in [0.1, 0.15) is 11.7 Å². The molecule has 1 saturated heterocycles. The van der Waals surface area contributed by atoms with Crippen LogP contribution in [0.2, 0.25) is 0 Å². The van der Waals surface area contributed by atoms with Crippen molar-refractivity contribution < 1.29 is 14.3 Å². The van der Waals surface area contributed by atoms with Crippen LogP contribution in [0.5, 0.6) is 5.75 Å². The highest BCUT2D eigenvalue weighted by atomic mass is 32.1. The van der Waals surface area contributed by atoms with E-state index in [1.165, 1.54) is 0 Å². The van der Waals surface area contributed by atoms with Gasteiger partial charge < -0.3 is 24.6 Å². The fraction of sp³-hybridized carbons (Fsp3) is 0.556. The van der Waals surface area contributed by atoms with Crippen LogP contribution >= 0.6 is 12.2 Å². The van der Waals surface area contributed by atoms with Crippen molar-refractivity contribution in [2.24, 2.45) is 5.92 Å². The van der Waals surface area contributed by atoms with Crippen molar-refractivity contribution >= 4 is 23.2 Å². The summed E-state index contributed by atoms with van der Waals surface area (Å²) in [4.78, 5) is 16.6. The molecule has 2 bridgehead atoms. The van der Waals surface area contributed by atoms with E-state index in [0.717, 1.165) is 17.7 Å². The Bertz CT molecular complexity index is 681. The van der Waals surface area contributed by atoms with E-state index in [2.05, 4.69) is 5.32 Å². The quantitative estimate of drug-likeness (QED) is 0.636. The molecule has 0 saturated carbocycles. The number of carbonyl (C=O) groups excluding carboxylic acids is 1. The summed E-state index contributed by atoms with van der Waals surface area (Å²) < 4.78 is 11.6. The Balaban J connectivity index is 2.05. The fourth-order valence-corrected chi connectivity index (χ4v) is 4.14. The summed E-state index contributed by atoms with van der Waals surface area (Å²) in [5.74, 6) is 0.421. The van der Waals surface area contributed by atoms with Crippen molar-refractivity contribution in [2.45, 2.75) is 25.1 Å². The maximum atomic E-state index is 13.0. The molecule has 0 aliphatic carbocycles. The summed E-state index contributed by atoms with van der Waals surface area (Å²) in [5.41, 5.74) is 0.135. The van der Waals surface area contributed by atoms with E-state index in [-0.39, 0.29) is 11.9 Å². The van der Waals surface area contributed by atoms with Crippen LogP contribution in [0.3, 0.4) is 0 Å². The van der Waals surface area contributed by atoms with Gasteiger partial charge in [-0.15, -0.1) is 0 Å². The first-order chi connectivity index (χ1) is 11.9. The van der Waals surface area contributed by atoms with E-state index >= 15 is 0 Å². The van der Waals surface area contributed by atoms with E-state index in [4.69, 9.17) is 21.7 Å². The van der Waals surface area contributed by atoms with Crippen LogP contribution < -0.4 is 10.1 Å². The molecule has 1 fully saturated rings. The molecule has 1 amide bonds. The third-order valence-corrected chi connectivity index (χ3v) is 5.32. The first kappa shape index (κ1) is 17.9. The second kappa shape index (κ2) is 6.80. The Hall–Kier alpha value is -1.86. The number of amides is 1. The lowest BCUT2D eigenvalue weighted by atomic mass is 9.78. The third-order valence-electron chi connectivity index (χ3n) is 4.98. The van der Waals surface area contributed by atoms with Crippen molar-refractivity contribution in [2.75, 3.05) is 34.4 Å². The standard InChI is InChI=1S/C18H25N3O3S/c1-18-14(16(22)20(2)3)15(12-8-5-6-9-13(12)24-18)19-17(25)21(18)10-7-11-23-4/h5-6,8-9,14-15H,7,10-11H2,1-4H3,(H,19,25)/t14-,15-,18-/m1/s1. The van der Waals surface area contributed by atoms with Crippen LogP contribution in [-0.2, 0) is 9.53 Å². The van der Waals surface area contributed by atoms with Gasteiger partial charge in [0, 0.05) is 39.9 Å². The van der Waals surface area contributed by atoms with Gasteiger partial charge in [-0.1, -0.05) is 18.2 Å². The van der Waals surface area contributed by atoms with Gasteiger partial charge in [-0.3, -0.25) is 4.79 Å². The van der Waals surface area contributed by atoms with Crippen molar-refractivity contribution in [3.63, 3.8) is 0 Å². The van der Waals surface area contributed by atoms with E-state index in [9.17, 15) is 4.79 Å². The highest BCUT2D eigenvalue weighted by Gasteiger charge is 2.58. The van der Waals surface area contributed by atoms with E-state index < -0.39 is 11.6 Å². The van der Waals surface area contributed by atoms with Crippen molar-refractivity contribution in [3.05, 3.63) is 29.8 Å². The molecule has 1 aromatic carbocycles. The molecular formula is C18H25N3O3S. The molecule has 136 valence electrons. The first-order valence-electron chi connectivity index (χ1n) is 8.46. The molecule has 0 radical (unpaired) electrons. The van der Waals surface area contributed by atoms with Crippen LogP contribution in [0, 0.1) is 5.92 Å². The molecular weight excluding hydrogens is 338 g/mol. The van der Waals surface area contributed by atoms with Gasteiger partial charge in [0.15, 0.2) is 10.8 Å². The van der Waals surface area contributed by atoms with Gasteiger partial charge in [0.25, 0.3) is 0 Å². The molecule has 1 aromatic rings. The number of rotatable bonds is 5. The minimum Gasteiger partial charge on any atom is -0.467 e. The number of para-hydroxylation sites is 1. The second-order valence-corrected chi connectivity index (χ2v) is 7.22. The van der Waals surface area contributed by atoms with Gasteiger partial charge in [0.2, 0.25) is 5.91 Å². The number of nitrogens with one attached hydrogen (secondary N) is 1. The SMILES string of the molecule is COCCCN1C(=S)N[C@@H]2c3ccccc3O[C@]1(C)[C@H]2C(=O)N(C)C. The van der Waals surface area contributed by atoms with Gasteiger partial charge in [-0.25, -0.2) is 0 Å². The number of benzene rings is 1. The van der Waals surface area contributed by atoms with Gasteiger partial charge in [-0.2, -0.15) is 0 Å². The molecule has 3 atom stereocenters. The Labute approximate surface area is 154 Å². The zero-order valence-electron chi connectivity index (χ0n) is 15.1. The van der Waals surface area contributed by atoms with E-state index in [1.54, 1.807) is 26.1 Å². The molecule has 0 aromatic heterocycles. The summed E-state index contributed by atoms with van der Waals surface area (Å²) in [6, 6.07) is 7.64. The minimum absolute atomic E-state index is 0.0220. The predicted molar refractivity (Wildman–Crippen MR) is 99.3 cm³/mol. The predicted octanol–water partition coefficient (Wildman–Crippen LogP) is 1.77. The van der Waals surface area contributed by atoms with Crippen LogP contribution in [-0.4, -0.2) is 60.9 Å². The van der Waals surface area contributed by atoms with Crippen molar-refractivity contribution in [3.8, 4) is 5.75 Å². The molecule has 0 spiro atoms. The highest BCUT2D eigenvalue weighted by molar-refractivity contribution is 7.80. The maximum Gasteiger partial charge on any atom is 0.233 e. The number of hydrogen-bond acceptors (Lipinski definition) is 4.